The molecule has 2 heteroatoms. The molecule has 0 saturated heterocycles. The highest BCUT2D eigenvalue weighted by Crippen LogP contribution is 2.11. The minimum Gasteiger partial charge on any atom is -0.242 e. The maximum Gasteiger partial charge on any atom is 0.382 e. The molecule has 1 atom stereocenters. The molecule has 0 aromatic rings. The summed E-state index contributed by atoms with van der Waals surface area (Å²) < 4.78 is 0. The Morgan fingerprint density at radius 1 is 1.67 bits per heavy atom. The molecule has 0 aliphatic rings. The standard InChI is InChI=1S/C7H11O2/c1-4-5(2)6(3)7(8)9/h5H,3-4H2,1-2H3. The maximum atomic E-state index is 10.1. The fraction of sp³-hybridized carbons (Fsp3) is 0.571. The van der Waals surface area contributed by atoms with Crippen molar-refractivity contribution in [1.82, 2.24) is 0 Å². The van der Waals surface area contributed by atoms with E-state index in [4.69, 9.17) is 0 Å². The van der Waals surface area contributed by atoms with Crippen LogP contribution >= 0.6 is 0 Å². The lowest BCUT2D eigenvalue weighted by Crippen LogP contribution is -2.05. The first kappa shape index (κ1) is 8.21. The van der Waals surface area contributed by atoms with E-state index in [1.165, 1.54) is 0 Å². The van der Waals surface area contributed by atoms with Crippen LogP contribution in [-0.2, 0) is 9.90 Å². The van der Waals surface area contributed by atoms with Crippen LogP contribution in [0.4, 0.5) is 0 Å². The summed E-state index contributed by atoms with van der Waals surface area (Å²) >= 11 is 0. The van der Waals surface area contributed by atoms with Crippen molar-refractivity contribution in [1.29, 1.82) is 0 Å². The van der Waals surface area contributed by atoms with E-state index < -0.39 is 5.97 Å². The summed E-state index contributed by atoms with van der Waals surface area (Å²) in [5.41, 5.74) is 0.192. The van der Waals surface area contributed by atoms with E-state index in [2.05, 4.69) is 6.58 Å². The van der Waals surface area contributed by atoms with Crippen molar-refractivity contribution in [2.24, 2.45) is 5.92 Å². The van der Waals surface area contributed by atoms with Gasteiger partial charge in [-0.2, -0.15) is 0 Å². The Bertz CT molecular complexity index is 127. The highest BCUT2D eigenvalue weighted by Gasteiger charge is 2.12. The normalized spacial score (nSPS) is 12.7. The van der Waals surface area contributed by atoms with Crippen LogP contribution in [0.3, 0.4) is 0 Å². The summed E-state index contributed by atoms with van der Waals surface area (Å²) in [6.07, 6.45) is 0.798. The first-order chi connectivity index (χ1) is 4.09. The van der Waals surface area contributed by atoms with Crippen molar-refractivity contribution in [3.05, 3.63) is 12.2 Å². The molecule has 0 spiro atoms. The molecular formula is C7H11O2. The zero-order valence-corrected chi connectivity index (χ0v) is 5.81. The molecule has 0 heterocycles. The fourth-order valence-electron chi connectivity index (χ4n) is 0.448. The molecule has 0 fully saturated rings. The molecule has 9 heavy (non-hydrogen) atoms. The molecule has 1 unspecified atom stereocenters. The molecule has 0 N–H and O–H groups in total. The average molecular weight is 127 g/mol. The zero-order chi connectivity index (χ0) is 7.44. The Morgan fingerprint density at radius 2 is 2.11 bits per heavy atom. The first-order valence-corrected chi connectivity index (χ1v) is 2.99. The van der Waals surface area contributed by atoms with Crippen LogP contribution in [-0.4, -0.2) is 5.97 Å². The van der Waals surface area contributed by atoms with Gasteiger partial charge in [-0.1, -0.05) is 20.4 Å². The third-order valence-electron chi connectivity index (χ3n) is 1.47. The van der Waals surface area contributed by atoms with E-state index in [9.17, 15) is 9.90 Å². The van der Waals surface area contributed by atoms with Crippen molar-refractivity contribution in [2.75, 3.05) is 0 Å². The lowest BCUT2D eigenvalue weighted by Gasteiger charge is -2.04. The van der Waals surface area contributed by atoms with Crippen molar-refractivity contribution in [3.8, 4) is 0 Å². The molecule has 2 nitrogen and oxygen atoms in total. The van der Waals surface area contributed by atoms with E-state index in [1.54, 1.807) is 0 Å². The van der Waals surface area contributed by atoms with Gasteiger partial charge in [-0.25, -0.2) is 9.90 Å². The van der Waals surface area contributed by atoms with Crippen molar-refractivity contribution in [3.63, 3.8) is 0 Å². The lowest BCUT2D eigenvalue weighted by molar-refractivity contribution is -0.139. The summed E-state index contributed by atoms with van der Waals surface area (Å²) in [5.74, 6) is -1.10. The summed E-state index contributed by atoms with van der Waals surface area (Å²) in [6, 6.07) is 0. The second-order valence-corrected chi connectivity index (χ2v) is 2.12. The highest BCUT2D eigenvalue weighted by atomic mass is 16.4. The number of carbonyl (C=O) groups is 1. The molecule has 0 aliphatic carbocycles. The summed E-state index contributed by atoms with van der Waals surface area (Å²) in [5, 5.41) is 10.1. The SMILES string of the molecule is C=C(C([O])=O)C(C)CC. The molecule has 0 aromatic heterocycles. The van der Waals surface area contributed by atoms with Gasteiger partial charge in [0.05, 0.1) is 0 Å². The van der Waals surface area contributed by atoms with Gasteiger partial charge in [0.15, 0.2) is 0 Å². The van der Waals surface area contributed by atoms with Gasteiger partial charge in [-0.3, -0.25) is 0 Å². The Hall–Kier alpha value is -0.790. The van der Waals surface area contributed by atoms with Crippen LogP contribution in [0.2, 0.25) is 0 Å². The molecule has 51 valence electrons. The minimum atomic E-state index is -1.13. The average Bonchev–Trinajstić information content (AvgIpc) is 1.84. The summed E-state index contributed by atoms with van der Waals surface area (Å²) in [6.45, 7) is 7.10. The van der Waals surface area contributed by atoms with E-state index in [-0.39, 0.29) is 11.5 Å². The molecular weight excluding hydrogens is 116 g/mol. The minimum absolute atomic E-state index is 0.0370. The number of rotatable bonds is 3. The monoisotopic (exact) mass is 127 g/mol. The van der Waals surface area contributed by atoms with Gasteiger partial charge in [0.2, 0.25) is 0 Å². The molecule has 0 bridgehead atoms. The fourth-order valence-corrected chi connectivity index (χ4v) is 0.448. The third-order valence-corrected chi connectivity index (χ3v) is 1.47. The van der Waals surface area contributed by atoms with Gasteiger partial charge in [-0.05, 0) is 12.3 Å². The second-order valence-electron chi connectivity index (χ2n) is 2.12. The second kappa shape index (κ2) is 3.28. The van der Waals surface area contributed by atoms with Crippen molar-refractivity contribution < 1.29 is 9.90 Å². The van der Waals surface area contributed by atoms with E-state index in [1.807, 2.05) is 13.8 Å². The van der Waals surface area contributed by atoms with Gasteiger partial charge in [0.25, 0.3) is 0 Å². The molecule has 0 amide bonds. The Balaban J connectivity index is 3.88. The molecule has 0 saturated carbocycles. The largest absolute Gasteiger partial charge is 0.382 e. The quantitative estimate of drug-likeness (QED) is 0.530. The van der Waals surface area contributed by atoms with Crippen LogP contribution in [0.15, 0.2) is 12.2 Å². The van der Waals surface area contributed by atoms with Crippen LogP contribution in [0, 0.1) is 5.92 Å². The summed E-state index contributed by atoms with van der Waals surface area (Å²) in [7, 11) is 0. The Kier molecular flexibility index (Phi) is 2.99. The lowest BCUT2D eigenvalue weighted by atomic mass is 10.0. The number of hydrogen-bond donors (Lipinski definition) is 0. The van der Waals surface area contributed by atoms with Gasteiger partial charge < -0.3 is 0 Å². The van der Waals surface area contributed by atoms with Gasteiger partial charge in [0, 0.05) is 5.57 Å². The molecule has 1 radical (unpaired) electrons. The first-order valence-electron chi connectivity index (χ1n) is 2.99. The van der Waals surface area contributed by atoms with Gasteiger partial charge in [0.1, 0.15) is 0 Å². The number of carbonyl (C=O) groups excluding carboxylic acids is 1. The number of hydrogen-bond acceptors (Lipinski definition) is 1. The van der Waals surface area contributed by atoms with Gasteiger partial charge >= 0.3 is 5.97 Å². The Labute approximate surface area is 55.2 Å². The highest BCUT2D eigenvalue weighted by molar-refractivity contribution is 5.85. The van der Waals surface area contributed by atoms with Gasteiger partial charge in [-0.15, -0.1) is 0 Å². The molecule has 0 aliphatic heterocycles. The topological polar surface area (TPSA) is 37.0 Å². The van der Waals surface area contributed by atoms with E-state index in [0.29, 0.717) is 0 Å². The maximum absolute atomic E-state index is 10.1. The predicted octanol–water partition coefficient (Wildman–Crippen LogP) is 1.55. The Morgan fingerprint density at radius 3 is 2.22 bits per heavy atom. The van der Waals surface area contributed by atoms with Crippen LogP contribution < -0.4 is 0 Å². The molecule has 0 aromatic carbocycles. The molecule has 0 rings (SSSR count). The van der Waals surface area contributed by atoms with E-state index in [0.717, 1.165) is 6.42 Å². The van der Waals surface area contributed by atoms with Crippen LogP contribution in [0.25, 0.3) is 0 Å². The van der Waals surface area contributed by atoms with E-state index >= 15 is 0 Å². The van der Waals surface area contributed by atoms with Crippen molar-refractivity contribution in [2.45, 2.75) is 20.3 Å². The summed E-state index contributed by atoms with van der Waals surface area (Å²) in [4.78, 5) is 10.1. The van der Waals surface area contributed by atoms with Crippen molar-refractivity contribution >= 4 is 5.97 Å². The smallest absolute Gasteiger partial charge is 0.242 e. The zero-order valence-electron chi connectivity index (χ0n) is 5.81. The third kappa shape index (κ3) is 2.31. The predicted molar refractivity (Wildman–Crippen MR) is 34.3 cm³/mol. The van der Waals surface area contributed by atoms with Crippen LogP contribution in [0.5, 0.6) is 0 Å². The van der Waals surface area contributed by atoms with Crippen LogP contribution in [0.1, 0.15) is 20.3 Å².